The maximum absolute atomic E-state index is 13.7. The van der Waals surface area contributed by atoms with E-state index in [4.69, 9.17) is 11.6 Å². The first-order valence-corrected chi connectivity index (χ1v) is 13.9. The number of amides is 1. The Kier molecular flexibility index (Phi) is 8.03. The van der Waals surface area contributed by atoms with E-state index in [-0.39, 0.29) is 17.2 Å². The molecule has 8 heteroatoms. The third-order valence-corrected chi connectivity index (χ3v) is 8.53. The summed E-state index contributed by atoms with van der Waals surface area (Å²) in [5.74, 6) is -0.212. The van der Waals surface area contributed by atoms with E-state index < -0.39 is 16.1 Å². The van der Waals surface area contributed by atoms with E-state index in [9.17, 15) is 13.2 Å². The van der Waals surface area contributed by atoms with Crippen LogP contribution in [0.5, 0.6) is 0 Å². The van der Waals surface area contributed by atoms with Crippen LogP contribution in [0.15, 0.2) is 71.6 Å². The van der Waals surface area contributed by atoms with Gasteiger partial charge in [-0.3, -0.25) is 4.79 Å². The first-order chi connectivity index (χ1) is 17.1. The Hall–Kier alpha value is -2.87. The lowest BCUT2D eigenvalue weighted by molar-refractivity contribution is -0.133. The monoisotopic (exact) mass is 525 g/mol. The minimum Gasteiger partial charge on any atom is -0.368 e. The van der Waals surface area contributed by atoms with Crippen molar-refractivity contribution >= 4 is 33.2 Å². The Morgan fingerprint density at radius 2 is 1.56 bits per heavy atom. The lowest BCUT2D eigenvalue weighted by Gasteiger charge is -2.37. The predicted octanol–water partition coefficient (Wildman–Crippen LogP) is 4.50. The molecule has 1 aliphatic heterocycles. The molecule has 190 valence electrons. The third kappa shape index (κ3) is 6.09. The van der Waals surface area contributed by atoms with Gasteiger partial charge in [-0.2, -0.15) is 4.72 Å². The summed E-state index contributed by atoms with van der Waals surface area (Å²) in [4.78, 5) is 17.9. The number of hydrogen-bond acceptors (Lipinski definition) is 4. The maximum atomic E-state index is 13.7. The molecule has 0 spiro atoms. The number of piperazine rings is 1. The largest absolute Gasteiger partial charge is 0.368 e. The van der Waals surface area contributed by atoms with E-state index in [0.29, 0.717) is 42.3 Å². The number of hydrogen-bond donors (Lipinski definition) is 1. The zero-order chi connectivity index (χ0) is 25.9. The summed E-state index contributed by atoms with van der Waals surface area (Å²) in [6, 6.07) is 20.0. The van der Waals surface area contributed by atoms with Gasteiger partial charge < -0.3 is 9.80 Å². The molecule has 1 saturated heterocycles. The van der Waals surface area contributed by atoms with Crippen LogP contribution in [0.4, 0.5) is 5.69 Å². The summed E-state index contributed by atoms with van der Waals surface area (Å²) < 4.78 is 29.8. The Bertz CT molecular complexity index is 1310. The van der Waals surface area contributed by atoms with Crippen molar-refractivity contribution in [2.45, 2.75) is 38.1 Å². The van der Waals surface area contributed by atoms with Crippen molar-refractivity contribution in [3.63, 3.8) is 0 Å². The number of aryl methyl sites for hydroxylation is 3. The van der Waals surface area contributed by atoms with Gasteiger partial charge in [0.1, 0.15) is 6.04 Å². The first kappa shape index (κ1) is 26.2. The zero-order valence-corrected chi connectivity index (χ0v) is 22.4. The molecule has 1 amide bonds. The average Bonchev–Trinajstić information content (AvgIpc) is 2.83. The third-order valence-electron chi connectivity index (χ3n) is 6.52. The quantitative estimate of drug-likeness (QED) is 0.493. The van der Waals surface area contributed by atoms with E-state index in [2.05, 4.69) is 9.62 Å². The second-order valence-corrected chi connectivity index (χ2v) is 11.5. The number of sulfonamides is 1. The van der Waals surface area contributed by atoms with Gasteiger partial charge in [-0.15, -0.1) is 0 Å². The van der Waals surface area contributed by atoms with Crippen molar-refractivity contribution in [1.29, 1.82) is 0 Å². The Balaban J connectivity index is 1.55. The predicted molar refractivity (Wildman–Crippen MR) is 145 cm³/mol. The number of carbonyl (C=O) groups excluding carboxylic acids is 1. The van der Waals surface area contributed by atoms with Crippen LogP contribution < -0.4 is 9.62 Å². The number of rotatable bonds is 7. The van der Waals surface area contributed by atoms with Crippen LogP contribution in [-0.2, 0) is 21.2 Å². The van der Waals surface area contributed by atoms with Gasteiger partial charge in [0.25, 0.3) is 0 Å². The van der Waals surface area contributed by atoms with E-state index in [0.717, 1.165) is 16.8 Å². The van der Waals surface area contributed by atoms with Crippen LogP contribution >= 0.6 is 11.6 Å². The number of benzene rings is 3. The van der Waals surface area contributed by atoms with E-state index in [1.165, 1.54) is 0 Å². The molecular formula is C28H32ClN3O3S. The van der Waals surface area contributed by atoms with Gasteiger partial charge in [-0.25, -0.2) is 8.42 Å². The lowest BCUT2D eigenvalue weighted by Crippen LogP contribution is -2.55. The van der Waals surface area contributed by atoms with Crippen LogP contribution in [0.25, 0.3) is 0 Å². The fraction of sp³-hybridized carbons (Fsp3) is 0.321. The SMILES string of the molecule is Cc1cc(C)c(S(=O)(=O)NC(Cc2ccccc2)C(=O)N2CCN(c3cccc(Cl)c3)CC2)c(C)c1. The van der Waals surface area contributed by atoms with Crippen molar-refractivity contribution in [3.05, 3.63) is 94.0 Å². The van der Waals surface area contributed by atoms with Crippen molar-refractivity contribution in [2.75, 3.05) is 31.1 Å². The van der Waals surface area contributed by atoms with Crippen LogP contribution in [-0.4, -0.2) is 51.4 Å². The number of nitrogens with zero attached hydrogens (tertiary/aromatic N) is 2. The molecule has 1 fully saturated rings. The summed E-state index contributed by atoms with van der Waals surface area (Å²) >= 11 is 6.15. The minimum atomic E-state index is -3.92. The standard InChI is InChI=1S/C28H32ClN3O3S/c1-20-16-21(2)27(22(3)17-20)36(34,35)30-26(18-23-8-5-4-6-9-23)28(33)32-14-12-31(13-15-32)25-11-7-10-24(29)19-25/h4-11,16-17,19,26,30H,12-15,18H2,1-3H3. The molecule has 0 aliphatic carbocycles. The van der Waals surface area contributed by atoms with Crippen LogP contribution in [0.2, 0.25) is 5.02 Å². The molecule has 6 nitrogen and oxygen atoms in total. The van der Waals surface area contributed by atoms with Gasteiger partial charge in [0.05, 0.1) is 4.90 Å². The smallest absolute Gasteiger partial charge is 0.241 e. The van der Waals surface area contributed by atoms with Crippen LogP contribution in [0.3, 0.4) is 0 Å². The number of anilines is 1. The van der Waals surface area contributed by atoms with Gasteiger partial charge in [0.15, 0.2) is 0 Å². The second-order valence-electron chi connectivity index (χ2n) is 9.38. The fourth-order valence-electron chi connectivity index (χ4n) is 4.94. The topological polar surface area (TPSA) is 69.7 Å². The zero-order valence-electron chi connectivity index (χ0n) is 20.9. The van der Waals surface area contributed by atoms with Crippen LogP contribution in [0, 0.1) is 20.8 Å². The summed E-state index contributed by atoms with van der Waals surface area (Å²) in [5, 5.41) is 0.671. The molecular weight excluding hydrogens is 494 g/mol. The molecule has 4 rings (SSSR count). The molecule has 3 aromatic rings. The van der Waals surface area contributed by atoms with Crippen molar-refractivity contribution < 1.29 is 13.2 Å². The Morgan fingerprint density at radius 1 is 0.917 bits per heavy atom. The molecule has 1 N–H and O–H groups in total. The highest BCUT2D eigenvalue weighted by Gasteiger charge is 2.32. The number of halogens is 1. The number of nitrogens with one attached hydrogen (secondary N) is 1. The molecule has 0 saturated carbocycles. The lowest BCUT2D eigenvalue weighted by atomic mass is 10.1. The molecule has 3 aromatic carbocycles. The maximum Gasteiger partial charge on any atom is 0.241 e. The molecule has 1 unspecified atom stereocenters. The van der Waals surface area contributed by atoms with Crippen molar-refractivity contribution in [2.24, 2.45) is 0 Å². The molecule has 0 radical (unpaired) electrons. The first-order valence-electron chi connectivity index (χ1n) is 12.1. The average molecular weight is 526 g/mol. The Morgan fingerprint density at radius 3 is 2.17 bits per heavy atom. The van der Waals surface area contributed by atoms with Gasteiger partial charge in [-0.05, 0) is 62.1 Å². The highest BCUT2D eigenvalue weighted by Crippen LogP contribution is 2.24. The summed E-state index contributed by atoms with van der Waals surface area (Å²) in [7, 11) is -3.92. The van der Waals surface area contributed by atoms with Gasteiger partial charge in [0, 0.05) is 36.9 Å². The second kappa shape index (κ2) is 11.0. The van der Waals surface area contributed by atoms with Gasteiger partial charge in [-0.1, -0.05) is 65.7 Å². The summed E-state index contributed by atoms with van der Waals surface area (Å²) in [6.45, 7) is 7.81. The molecule has 0 aromatic heterocycles. The van der Waals surface area contributed by atoms with Gasteiger partial charge in [0.2, 0.25) is 15.9 Å². The highest BCUT2D eigenvalue weighted by atomic mass is 35.5. The normalized spacial score (nSPS) is 15.1. The summed E-state index contributed by atoms with van der Waals surface area (Å²) in [5.41, 5.74) is 4.25. The van der Waals surface area contributed by atoms with Crippen molar-refractivity contribution in [3.8, 4) is 0 Å². The molecule has 1 atom stereocenters. The molecule has 0 bridgehead atoms. The Labute approximate surface area is 218 Å². The van der Waals surface area contributed by atoms with Gasteiger partial charge >= 0.3 is 0 Å². The fourth-order valence-corrected chi connectivity index (χ4v) is 6.77. The molecule has 36 heavy (non-hydrogen) atoms. The van der Waals surface area contributed by atoms with Crippen molar-refractivity contribution in [1.82, 2.24) is 9.62 Å². The van der Waals surface area contributed by atoms with E-state index >= 15 is 0 Å². The van der Waals surface area contributed by atoms with E-state index in [1.54, 1.807) is 18.7 Å². The minimum absolute atomic E-state index is 0.212. The van der Waals surface area contributed by atoms with E-state index in [1.807, 2.05) is 73.7 Å². The number of carbonyl (C=O) groups is 1. The summed E-state index contributed by atoms with van der Waals surface area (Å²) in [6.07, 6.45) is 0.275. The molecule has 1 aliphatic rings. The highest BCUT2D eigenvalue weighted by molar-refractivity contribution is 7.89. The molecule has 1 heterocycles. The van der Waals surface area contributed by atoms with Crippen LogP contribution in [0.1, 0.15) is 22.3 Å².